The molecule has 0 atom stereocenters. The summed E-state index contributed by atoms with van der Waals surface area (Å²) in [6, 6.07) is 22.0. The number of anilines is 2. The highest BCUT2D eigenvalue weighted by Gasteiger charge is 2.14. The van der Waals surface area contributed by atoms with Crippen molar-refractivity contribution in [2.24, 2.45) is 0 Å². The van der Waals surface area contributed by atoms with Gasteiger partial charge in [-0.05, 0) is 30.2 Å². The van der Waals surface area contributed by atoms with Crippen LogP contribution in [0.3, 0.4) is 0 Å². The third-order valence-corrected chi connectivity index (χ3v) is 5.47. The molecule has 0 spiro atoms. The van der Waals surface area contributed by atoms with E-state index in [2.05, 4.69) is 16.0 Å². The van der Waals surface area contributed by atoms with Gasteiger partial charge >= 0.3 is 0 Å². The first-order chi connectivity index (χ1) is 15.7. The van der Waals surface area contributed by atoms with Gasteiger partial charge in [0.2, 0.25) is 0 Å². The molecule has 6 nitrogen and oxygen atoms in total. The Morgan fingerprint density at radius 2 is 1.59 bits per heavy atom. The summed E-state index contributed by atoms with van der Waals surface area (Å²) in [5, 5.41) is 0. The van der Waals surface area contributed by atoms with E-state index in [4.69, 9.17) is 18.6 Å². The largest absolute Gasteiger partial charge is 0.497 e. The molecule has 0 N–H and O–H groups in total. The fraction of sp³-hybridized carbons (Fsp3) is 0.200. The summed E-state index contributed by atoms with van der Waals surface area (Å²) < 4.78 is 16.5. The van der Waals surface area contributed by atoms with Crippen molar-refractivity contribution in [1.82, 2.24) is 9.97 Å². The summed E-state index contributed by atoms with van der Waals surface area (Å²) >= 11 is 1.35. The summed E-state index contributed by atoms with van der Waals surface area (Å²) in [6.45, 7) is 1.20. The third-order valence-electron chi connectivity index (χ3n) is 5.07. The van der Waals surface area contributed by atoms with Gasteiger partial charge in [-0.25, -0.2) is 4.98 Å². The molecule has 4 aromatic rings. The topological polar surface area (TPSA) is 56.7 Å². The fourth-order valence-corrected chi connectivity index (χ4v) is 3.72. The molecule has 1 aromatic heterocycles. The van der Waals surface area contributed by atoms with Gasteiger partial charge in [-0.2, -0.15) is 0 Å². The molecule has 0 aliphatic carbocycles. The van der Waals surface area contributed by atoms with Crippen LogP contribution in [0.4, 0.5) is 11.4 Å². The molecule has 32 heavy (non-hydrogen) atoms. The molecule has 0 saturated carbocycles. The molecule has 4 rings (SSSR count). The highest BCUT2D eigenvalue weighted by atomic mass is 32.2. The first-order valence-corrected chi connectivity index (χ1v) is 11.4. The Bertz CT molecular complexity index is 1170. The van der Waals surface area contributed by atoms with Crippen molar-refractivity contribution in [2.45, 2.75) is 0 Å². The Balaban J connectivity index is 1.77. The lowest BCUT2D eigenvalue weighted by atomic mass is 10.1. The van der Waals surface area contributed by atoms with Crippen LogP contribution >= 0.6 is 12.0 Å². The van der Waals surface area contributed by atoms with Crippen molar-refractivity contribution >= 4 is 34.5 Å². The minimum absolute atomic E-state index is 0.550. The number of hydrogen-bond donors (Lipinski definition) is 0. The molecule has 0 amide bonds. The average Bonchev–Trinajstić information content (AvgIpc) is 2.86. The molecule has 0 bridgehead atoms. The Morgan fingerprint density at radius 3 is 2.28 bits per heavy atom. The monoisotopic (exact) mass is 447 g/mol. The van der Waals surface area contributed by atoms with Gasteiger partial charge in [0.05, 0.1) is 43.8 Å². The molecular weight excluding hydrogens is 422 g/mol. The highest BCUT2D eigenvalue weighted by molar-refractivity contribution is 7.93. The second kappa shape index (κ2) is 10.3. The Labute approximate surface area is 192 Å². The number of nitrogens with zero attached hydrogens (tertiary/aromatic N) is 3. The number of ether oxygens (including phenoxy) is 2. The number of methoxy groups -OCH3 is 2. The van der Waals surface area contributed by atoms with E-state index < -0.39 is 0 Å². The number of hydrogen-bond acceptors (Lipinski definition) is 7. The lowest BCUT2D eigenvalue weighted by Crippen LogP contribution is -2.21. The standard InChI is InChI=1S/C25H25N3O3S/c1-29-21-13-20(14-22(16-21)30-2)28(11-12-31-32-3)19-9-10-23-24(15-19)27-25(17-26-23)18-7-5-4-6-8-18/h4-10,13-17H,11-12H2,1-3H3. The van der Waals surface area contributed by atoms with Gasteiger partial charge in [0, 0.05) is 47.9 Å². The van der Waals surface area contributed by atoms with Crippen LogP contribution in [0.15, 0.2) is 72.9 Å². The van der Waals surface area contributed by atoms with E-state index in [0.29, 0.717) is 13.2 Å². The summed E-state index contributed by atoms with van der Waals surface area (Å²) in [4.78, 5) is 11.6. The van der Waals surface area contributed by atoms with E-state index >= 15 is 0 Å². The van der Waals surface area contributed by atoms with Crippen LogP contribution in [0.25, 0.3) is 22.3 Å². The van der Waals surface area contributed by atoms with Crippen molar-refractivity contribution in [2.75, 3.05) is 38.5 Å². The summed E-state index contributed by atoms with van der Waals surface area (Å²) in [5.41, 5.74) is 5.48. The number of aromatic nitrogens is 2. The van der Waals surface area contributed by atoms with E-state index in [0.717, 1.165) is 45.2 Å². The molecule has 0 aliphatic heterocycles. The molecule has 7 heteroatoms. The van der Waals surface area contributed by atoms with Crippen LogP contribution in [0, 0.1) is 0 Å². The van der Waals surface area contributed by atoms with Crippen LogP contribution in [0.2, 0.25) is 0 Å². The van der Waals surface area contributed by atoms with Crippen molar-refractivity contribution in [3.8, 4) is 22.8 Å². The predicted octanol–water partition coefficient (Wildman–Crippen LogP) is 5.75. The van der Waals surface area contributed by atoms with E-state index in [9.17, 15) is 0 Å². The van der Waals surface area contributed by atoms with Crippen LogP contribution < -0.4 is 14.4 Å². The number of rotatable bonds is 9. The van der Waals surface area contributed by atoms with E-state index in [-0.39, 0.29) is 0 Å². The minimum atomic E-state index is 0.550. The van der Waals surface area contributed by atoms with Crippen LogP contribution in [-0.4, -0.2) is 43.6 Å². The summed E-state index contributed by atoms with van der Waals surface area (Å²) in [6.07, 6.45) is 3.73. The minimum Gasteiger partial charge on any atom is -0.497 e. The van der Waals surface area contributed by atoms with Crippen molar-refractivity contribution in [3.05, 3.63) is 72.9 Å². The van der Waals surface area contributed by atoms with E-state index in [1.54, 1.807) is 14.2 Å². The second-order valence-corrected chi connectivity index (χ2v) is 7.57. The molecule has 0 aliphatic rings. The predicted molar refractivity (Wildman–Crippen MR) is 131 cm³/mol. The number of fused-ring (bicyclic) bond motifs is 1. The Morgan fingerprint density at radius 1 is 0.844 bits per heavy atom. The molecular formula is C25H25N3O3S. The van der Waals surface area contributed by atoms with E-state index in [1.165, 1.54) is 12.0 Å². The normalized spacial score (nSPS) is 10.8. The lowest BCUT2D eigenvalue weighted by molar-refractivity contribution is 0.385. The zero-order valence-corrected chi connectivity index (χ0v) is 19.1. The molecule has 1 heterocycles. The summed E-state index contributed by atoms with van der Waals surface area (Å²) in [5.74, 6) is 1.45. The maximum Gasteiger partial charge on any atom is 0.124 e. The highest BCUT2D eigenvalue weighted by Crippen LogP contribution is 2.34. The lowest BCUT2D eigenvalue weighted by Gasteiger charge is -2.26. The Kier molecular flexibility index (Phi) is 7.09. The zero-order chi connectivity index (χ0) is 22.3. The summed E-state index contributed by atoms with van der Waals surface area (Å²) in [7, 11) is 3.30. The van der Waals surface area contributed by atoms with Crippen LogP contribution in [0.1, 0.15) is 0 Å². The zero-order valence-electron chi connectivity index (χ0n) is 18.3. The maximum absolute atomic E-state index is 5.57. The Hall–Kier alpha value is -3.29. The van der Waals surface area contributed by atoms with Gasteiger partial charge in [-0.3, -0.25) is 4.98 Å². The smallest absolute Gasteiger partial charge is 0.124 e. The van der Waals surface area contributed by atoms with Crippen molar-refractivity contribution < 1.29 is 13.7 Å². The molecule has 0 radical (unpaired) electrons. The molecule has 164 valence electrons. The van der Waals surface area contributed by atoms with Crippen molar-refractivity contribution in [3.63, 3.8) is 0 Å². The van der Waals surface area contributed by atoms with Crippen molar-refractivity contribution in [1.29, 1.82) is 0 Å². The first kappa shape index (κ1) is 21.9. The van der Waals surface area contributed by atoms with Gasteiger partial charge < -0.3 is 18.6 Å². The van der Waals surface area contributed by atoms with Gasteiger partial charge in [-0.15, -0.1) is 0 Å². The molecule has 3 aromatic carbocycles. The maximum atomic E-state index is 5.57. The first-order valence-electron chi connectivity index (χ1n) is 10.2. The van der Waals surface area contributed by atoms with Gasteiger partial charge in [0.15, 0.2) is 0 Å². The number of benzene rings is 3. The van der Waals surface area contributed by atoms with Gasteiger partial charge in [-0.1, -0.05) is 30.3 Å². The second-order valence-electron chi connectivity index (χ2n) is 7.01. The van der Waals surface area contributed by atoms with Gasteiger partial charge in [0.1, 0.15) is 11.5 Å². The fourth-order valence-electron chi connectivity index (χ4n) is 3.48. The van der Waals surface area contributed by atoms with E-state index in [1.807, 2.05) is 73.1 Å². The third kappa shape index (κ3) is 4.95. The molecule has 0 fully saturated rings. The van der Waals surface area contributed by atoms with Gasteiger partial charge in [0.25, 0.3) is 0 Å². The molecule has 0 unspecified atom stereocenters. The van der Waals surface area contributed by atoms with Crippen LogP contribution in [-0.2, 0) is 4.18 Å². The SMILES string of the molecule is COc1cc(OC)cc(N(CCOSC)c2ccc3ncc(-c4ccccc4)nc3c2)c1. The van der Waals surface area contributed by atoms with Crippen LogP contribution in [0.5, 0.6) is 11.5 Å². The average molecular weight is 448 g/mol. The molecule has 0 saturated heterocycles. The quantitative estimate of drug-likeness (QED) is 0.239.